The van der Waals surface area contributed by atoms with Crippen molar-refractivity contribution in [2.45, 2.75) is 39.2 Å². The minimum Gasteiger partial charge on any atom is -0.496 e. The predicted molar refractivity (Wildman–Crippen MR) is 148 cm³/mol. The first kappa shape index (κ1) is 25.3. The van der Waals surface area contributed by atoms with E-state index < -0.39 is 5.97 Å². The number of carboxylic acid groups (broad SMARTS) is 1. The number of carboxylic acids is 1. The molecule has 0 bridgehead atoms. The van der Waals surface area contributed by atoms with Crippen LogP contribution in [-0.2, 0) is 35.3 Å². The molecule has 0 unspecified atom stereocenters. The summed E-state index contributed by atoms with van der Waals surface area (Å²) in [5.41, 5.74) is 7.46. The number of benzene rings is 3. The van der Waals surface area contributed by atoms with Crippen molar-refractivity contribution < 1.29 is 24.2 Å². The van der Waals surface area contributed by atoms with Gasteiger partial charge in [0.15, 0.2) is 0 Å². The molecular weight excluding hydrogens is 478 g/mol. The number of aromatic carboxylic acids is 1. The number of rotatable bonds is 9. The number of ether oxygens (including phenoxy) is 2. The lowest BCUT2D eigenvalue weighted by atomic mass is 9.84. The molecule has 6 heteroatoms. The van der Waals surface area contributed by atoms with Crippen LogP contribution >= 0.6 is 0 Å². The molecule has 1 aliphatic carbocycles. The molecule has 6 nitrogen and oxygen atoms in total. The number of carbonyl (C=O) groups is 2. The Morgan fingerprint density at radius 2 is 1.82 bits per heavy atom. The van der Waals surface area contributed by atoms with Crippen LogP contribution in [0.15, 0.2) is 72.8 Å². The maximum atomic E-state index is 12.8. The van der Waals surface area contributed by atoms with Crippen molar-refractivity contribution in [1.29, 1.82) is 0 Å². The van der Waals surface area contributed by atoms with Gasteiger partial charge in [0, 0.05) is 22.2 Å². The number of esters is 1. The van der Waals surface area contributed by atoms with Crippen LogP contribution in [0.3, 0.4) is 0 Å². The third-order valence-electron chi connectivity index (χ3n) is 7.16. The average Bonchev–Trinajstić information content (AvgIpc) is 3.23. The zero-order valence-electron chi connectivity index (χ0n) is 21.7. The summed E-state index contributed by atoms with van der Waals surface area (Å²) >= 11 is 0. The van der Waals surface area contributed by atoms with Gasteiger partial charge in [0.1, 0.15) is 12.3 Å². The zero-order valence-corrected chi connectivity index (χ0v) is 21.7. The summed E-state index contributed by atoms with van der Waals surface area (Å²) in [6.07, 6.45) is 5.44. The summed E-state index contributed by atoms with van der Waals surface area (Å²) in [4.78, 5) is 24.7. The van der Waals surface area contributed by atoms with E-state index in [9.17, 15) is 14.7 Å². The Hall–Kier alpha value is -4.32. The van der Waals surface area contributed by atoms with Crippen molar-refractivity contribution >= 4 is 28.4 Å². The van der Waals surface area contributed by atoms with E-state index in [0.717, 1.165) is 58.4 Å². The fraction of sp³-hybridized carbons (Fsp3) is 0.250. The minimum atomic E-state index is -1.00. The molecule has 0 fully saturated rings. The summed E-state index contributed by atoms with van der Waals surface area (Å²) in [7, 11) is 1.69. The standard InChI is InChI=1S/C32H31NO5/c1-3-38-30(34)20-33-27(18-15-21-9-5-4-6-10-21)31(26-17-16-22(32(35)36)19-28(26)33)25-13-7-12-24-23(25)11-8-14-29(24)37-2/h4-6,8-11,13-14,16-17,19H,3,7,12,15,18,20H2,1-2H3,(H,35,36). The Balaban J connectivity index is 1.75. The normalized spacial score (nSPS) is 12.6. The fourth-order valence-electron chi connectivity index (χ4n) is 5.49. The molecule has 3 aromatic carbocycles. The Morgan fingerprint density at radius 1 is 1.00 bits per heavy atom. The van der Waals surface area contributed by atoms with Gasteiger partial charge in [-0.3, -0.25) is 4.79 Å². The Kier molecular flexibility index (Phi) is 7.31. The van der Waals surface area contributed by atoms with Gasteiger partial charge in [-0.25, -0.2) is 4.79 Å². The highest BCUT2D eigenvalue weighted by molar-refractivity contribution is 6.03. The van der Waals surface area contributed by atoms with Gasteiger partial charge >= 0.3 is 11.9 Å². The van der Waals surface area contributed by atoms with Gasteiger partial charge in [0.2, 0.25) is 0 Å². The predicted octanol–water partition coefficient (Wildman–Crippen LogP) is 6.07. The van der Waals surface area contributed by atoms with E-state index in [1.807, 2.05) is 41.0 Å². The number of aromatic nitrogens is 1. The second-order valence-corrected chi connectivity index (χ2v) is 9.38. The number of hydrogen-bond donors (Lipinski definition) is 1. The maximum Gasteiger partial charge on any atom is 0.335 e. The molecule has 0 saturated carbocycles. The molecule has 1 heterocycles. The van der Waals surface area contributed by atoms with Crippen LogP contribution in [0.2, 0.25) is 0 Å². The van der Waals surface area contributed by atoms with Crippen LogP contribution in [-0.4, -0.2) is 35.3 Å². The molecule has 0 atom stereocenters. The number of nitrogens with zero attached hydrogens (tertiary/aromatic N) is 1. The van der Waals surface area contributed by atoms with Crippen LogP contribution in [0.1, 0.15) is 51.7 Å². The lowest BCUT2D eigenvalue weighted by Gasteiger charge is -2.22. The van der Waals surface area contributed by atoms with Gasteiger partial charge in [-0.2, -0.15) is 0 Å². The first-order valence-electron chi connectivity index (χ1n) is 13.0. The number of aryl methyl sites for hydroxylation is 1. The second kappa shape index (κ2) is 11.0. The second-order valence-electron chi connectivity index (χ2n) is 9.38. The van der Waals surface area contributed by atoms with Crippen molar-refractivity contribution in [1.82, 2.24) is 4.57 Å². The smallest absolute Gasteiger partial charge is 0.335 e. The topological polar surface area (TPSA) is 77.8 Å². The Bertz CT molecular complexity index is 1530. The van der Waals surface area contributed by atoms with Crippen LogP contribution < -0.4 is 4.74 Å². The quantitative estimate of drug-likeness (QED) is 0.277. The number of carbonyl (C=O) groups excluding carboxylic acids is 1. The number of fused-ring (bicyclic) bond motifs is 2. The molecule has 4 aromatic rings. The summed E-state index contributed by atoms with van der Waals surface area (Å²) < 4.78 is 13.0. The van der Waals surface area contributed by atoms with E-state index in [1.165, 1.54) is 5.56 Å². The largest absolute Gasteiger partial charge is 0.496 e. The van der Waals surface area contributed by atoms with Gasteiger partial charge in [0.05, 0.1) is 24.8 Å². The fourth-order valence-corrected chi connectivity index (χ4v) is 5.49. The lowest BCUT2D eigenvalue weighted by molar-refractivity contribution is -0.143. The lowest BCUT2D eigenvalue weighted by Crippen LogP contribution is -2.16. The van der Waals surface area contributed by atoms with Crippen LogP contribution in [0.4, 0.5) is 0 Å². The van der Waals surface area contributed by atoms with Crippen molar-refractivity contribution in [2.75, 3.05) is 13.7 Å². The highest BCUT2D eigenvalue weighted by atomic mass is 16.5. The van der Waals surface area contributed by atoms with Gasteiger partial charge in [-0.1, -0.05) is 54.6 Å². The van der Waals surface area contributed by atoms with Crippen LogP contribution in [0, 0.1) is 0 Å². The molecule has 0 spiro atoms. The highest BCUT2D eigenvalue weighted by Gasteiger charge is 2.26. The van der Waals surface area contributed by atoms with E-state index >= 15 is 0 Å². The van der Waals surface area contributed by atoms with Crippen molar-refractivity contribution in [3.05, 3.63) is 106 Å². The van der Waals surface area contributed by atoms with E-state index in [0.29, 0.717) is 11.9 Å². The Labute approximate surface area is 222 Å². The Morgan fingerprint density at radius 3 is 2.55 bits per heavy atom. The number of methoxy groups -OCH3 is 1. The van der Waals surface area contributed by atoms with E-state index in [-0.39, 0.29) is 24.7 Å². The molecule has 38 heavy (non-hydrogen) atoms. The minimum absolute atomic E-state index is 0.00971. The van der Waals surface area contributed by atoms with E-state index in [4.69, 9.17) is 9.47 Å². The number of hydrogen-bond acceptors (Lipinski definition) is 4. The molecule has 194 valence electrons. The molecule has 0 aliphatic heterocycles. The summed E-state index contributed by atoms with van der Waals surface area (Å²) in [5.74, 6) is -0.491. The maximum absolute atomic E-state index is 12.8. The highest BCUT2D eigenvalue weighted by Crippen LogP contribution is 2.42. The van der Waals surface area contributed by atoms with Gasteiger partial charge in [-0.15, -0.1) is 0 Å². The molecule has 0 saturated heterocycles. The molecule has 0 amide bonds. The molecule has 1 aromatic heterocycles. The van der Waals surface area contributed by atoms with Gasteiger partial charge in [-0.05, 0) is 67.5 Å². The van der Waals surface area contributed by atoms with E-state index in [2.05, 4.69) is 24.3 Å². The third kappa shape index (κ3) is 4.82. The van der Waals surface area contributed by atoms with Crippen LogP contribution in [0.25, 0.3) is 16.5 Å². The van der Waals surface area contributed by atoms with Gasteiger partial charge < -0.3 is 19.1 Å². The summed E-state index contributed by atoms with van der Waals surface area (Å²) in [5, 5.41) is 10.7. The number of allylic oxidation sites excluding steroid dienone is 1. The summed E-state index contributed by atoms with van der Waals surface area (Å²) in [6.45, 7) is 2.08. The van der Waals surface area contributed by atoms with Crippen molar-refractivity contribution in [3.8, 4) is 5.75 Å². The first-order valence-corrected chi connectivity index (χ1v) is 13.0. The zero-order chi connectivity index (χ0) is 26.6. The van der Waals surface area contributed by atoms with Crippen molar-refractivity contribution in [2.24, 2.45) is 0 Å². The molecule has 0 radical (unpaired) electrons. The van der Waals surface area contributed by atoms with E-state index in [1.54, 1.807) is 26.2 Å². The molecular formula is C32H31NO5. The monoisotopic (exact) mass is 509 g/mol. The van der Waals surface area contributed by atoms with Gasteiger partial charge in [0.25, 0.3) is 0 Å². The molecule has 1 N–H and O–H groups in total. The third-order valence-corrected chi connectivity index (χ3v) is 7.16. The first-order chi connectivity index (χ1) is 18.5. The van der Waals surface area contributed by atoms with Crippen LogP contribution in [0.5, 0.6) is 5.75 Å². The molecule has 1 aliphatic rings. The SMILES string of the molecule is CCOC(=O)Cn1c(CCc2ccccc2)c(C2=CCCc3c(OC)cccc32)c2ccc(C(=O)O)cc21. The van der Waals surface area contributed by atoms with Crippen molar-refractivity contribution in [3.63, 3.8) is 0 Å². The average molecular weight is 510 g/mol. The molecule has 5 rings (SSSR count). The summed E-state index contributed by atoms with van der Waals surface area (Å²) in [6, 6.07) is 21.5.